The SMILES string of the molecule is Cc1cnc(NC(C)CCc2ccccc2)c(N)c1. The molecule has 1 aromatic heterocycles. The molecule has 0 fully saturated rings. The van der Waals surface area contributed by atoms with Crippen molar-refractivity contribution in [1.82, 2.24) is 4.98 Å². The van der Waals surface area contributed by atoms with Gasteiger partial charge in [0.15, 0.2) is 0 Å². The number of benzene rings is 1. The third-order valence-corrected chi connectivity index (χ3v) is 3.15. The van der Waals surface area contributed by atoms with Gasteiger partial charge in [0.1, 0.15) is 5.82 Å². The lowest BCUT2D eigenvalue weighted by Crippen LogP contribution is -2.18. The molecule has 0 aliphatic heterocycles. The predicted octanol–water partition coefficient (Wildman–Crippen LogP) is 3.41. The number of aryl methyl sites for hydroxylation is 2. The van der Waals surface area contributed by atoms with Crippen LogP contribution in [0.3, 0.4) is 0 Å². The zero-order chi connectivity index (χ0) is 13.7. The molecule has 0 amide bonds. The molecule has 1 aromatic carbocycles. The van der Waals surface area contributed by atoms with Crippen LogP contribution in [0, 0.1) is 6.92 Å². The fourth-order valence-corrected chi connectivity index (χ4v) is 2.05. The quantitative estimate of drug-likeness (QED) is 0.861. The number of pyridine rings is 1. The molecule has 3 heteroatoms. The molecule has 0 saturated carbocycles. The second-order valence-electron chi connectivity index (χ2n) is 5.02. The highest BCUT2D eigenvalue weighted by Gasteiger charge is 2.06. The van der Waals surface area contributed by atoms with E-state index in [0.717, 1.165) is 24.2 Å². The van der Waals surface area contributed by atoms with E-state index in [2.05, 4.69) is 41.5 Å². The van der Waals surface area contributed by atoms with Crippen molar-refractivity contribution in [1.29, 1.82) is 0 Å². The molecule has 0 radical (unpaired) electrons. The molecule has 3 nitrogen and oxygen atoms in total. The maximum Gasteiger partial charge on any atom is 0.149 e. The first-order valence-electron chi connectivity index (χ1n) is 6.68. The topological polar surface area (TPSA) is 50.9 Å². The second kappa shape index (κ2) is 6.23. The molecule has 0 aliphatic rings. The summed E-state index contributed by atoms with van der Waals surface area (Å²) < 4.78 is 0. The highest BCUT2D eigenvalue weighted by atomic mass is 15.0. The molecular weight excluding hydrogens is 234 g/mol. The molecule has 0 spiro atoms. The lowest BCUT2D eigenvalue weighted by atomic mass is 10.1. The van der Waals surface area contributed by atoms with E-state index in [4.69, 9.17) is 5.73 Å². The molecule has 0 bridgehead atoms. The number of nitrogen functional groups attached to an aromatic ring is 1. The van der Waals surface area contributed by atoms with Gasteiger partial charge in [0.05, 0.1) is 5.69 Å². The van der Waals surface area contributed by atoms with Crippen LogP contribution in [0.5, 0.6) is 0 Å². The molecule has 1 atom stereocenters. The zero-order valence-electron chi connectivity index (χ0n) is 11.6. The molecule has 19 heavy (non-hydrogen) atoms. The van der Waals surface area contributed by atoms with Crippen LogP contribution in [0.2, 0.25) is 0 Å². The molecule has 0 saturated heterocycles. The van der Waals surface area contributed by atoms with Gasteiger partial charge in [-0.1, -0.05) is 30.3 Å². The van der Waals surface area contributed by atoms with Crippen molar-refractivity contribution in [3.63, 3.8) is 0 Å². The first-order chi connectivity index (χ1) is 9.15. The number of nitrogens with two attached hydrogens (primary N) is 1. The van der Waals surface area contributed by atoms with Crippen LogP contribution in [0.1, 0.15) is 24.5 Å². The molecule has 2 aromatic rings. The Balaban J connectivity index is 1.89. The summed E-state index contributed by atoms with van der Waals surface area (Å²) in [4.78, 5) is 4.34. The summed E-state index contributed by atoms with van der Waals surface area (Å²) in [6.07, 6.45) is 3.95. The molecule has 100 valence electrons. The highest BCUT2D eigenvalue weighted by molar-refractivity contribution is 5.61. The van der Waals surface area contributed by atoms with E-state index in [0.29, 0.717) is 11.7 Å². The van der Waals surface area contributed by atoms with Crippen LogP contribution in [0.4, 0.5) is 11.5 Å². The standard InChI is InChI=1S/C16H21N3/c1-12-10-15(17)16(18-11-12)19-13(2)8-9-14-6-4-3-5-7-14/h3-7,10-11,13H,8-9,17H2,1-2H3,(H,18,19). The lowest BCUT2D eigenvalue weighted by molar-refractivity contribution is 0.703. The van der Waals surface area contributed by atoms with Crippen molar-refractivity contribution >= 4 is 11.5 Å². The number of hydrogen-bond donors (Lipinski definition) is 2. The van der Waals surface area contributed by atoms with Gasteiger partial charge < -0.3 is 11.1 Å². The van der Waals surface area contributed by atoms with Crippen LogP contribution in [0.15, 0.2) is 42.6 Å². The number of aromatic nitrogens is 1. The predicted molar refractivity (Wildman–Crippen MR) is 81.2 cm³/mol. The van der Waals surface area contributed by atoms with Crippen LogP contribution in [-0.2, 0) is 6.42 Å². The third-order valence-electron chi connectivity index (χ3n) is 3.15. The van der Waals surface area contributed by atoms with Gasteiger partial charge in [0.2, 0.25) is 0 Å². The maximum atomic E-state index is 5.95. The number of nitrogens with one attached hydrogen (secondary N) is 1. The number of anilines is 2. The van der Waals surface area contributed by atoms with Gasteiger partial charge in [0, 0.05) is 12.2 Å². The van der Waals surface area contributed by atoms with Gasteiger partial charge in [-0.05, 0) is 43.9 Å². The Bertz CT molecular complexity index is 523. The van der Waals surface area contributed by atoms with Crippen LogP contribution in [-0.4, -0.2) is 11.0 Å². The van der Waals surface area contributed by atoms with Gasteiger partial charge in [-0.2, -0.15) is 0 Å². The van der Waals surface area contributed by atoms with Crippen molar-refractivity contribution in [3.8, 4) is 0 Å². The smallest absolute Gasteiger partial charge is 0.149 e. The first-order valence-corrected chi connectivity index (χ1v) is 6.68. The fourth-order valence-electron chi connectivity index (χ4n) is 2.05. The molecule has 2 rings (SSSR count). The van der Waals surface area contributed by atoms with Crippen molar-refractivity contribution in [2.45, 2.75) is 32.7 Å². The molecule has 1 heterocycles. The summed E-state index contributed by atoms with van der Waals surface area (Å²) in [6, 6.07) is 12.8. The van der Waals surface area contributed by atoms with E-state index in [1.807, 2.05) is 25.3 Å². The minimum absolute atomic E-state index is 0.345. The van der Waals surface area contributed by atoms with Crippen LogP contribution in [0.25, 0.3) is 0 Å². The normalized spacial score (nSPS) is 12.1. The number of hydrogen-bond acceptors (Lipinski definition) is 3. The van der Waals surface area contributed by atoms with Crippen molar-refractivity contribution in [2.75, 3.05) is 11.1 Å². The van der Waals surface area contributed by atoms with Gasteiger partial charge in [-0.25, -0.2) is 4.98 Å². The Morgan fingerprint density at radius 1 is 1.26 bits per heavy atom. The minimum atomic E-state index is 0.345. The Morgan fingerprint density at radius 3 is 2.68 bits per heavy atom. The third kappa shape index (κ3) is 3.98. The molecule has 0 aliphatic carbocycles. The van der Waals surface area contributed by atoms with E-state index in [1.165, 1.54) is 5.56 Å². The average molecular weight is 255 g/mol. The van der Waals surface area contributed by atoms with Gasteiger partial charge >= 0.3 is 0 Å². The Hall–Kier alpha value is -2.03. The first kappa shape index (κ1) is 13.4. The summed E-state index contributed by atoms with van der Waals surface area (Å²) in [7, 11) is 0. The van der Waals surface area contributed by atoms with Crippen molar-refractivity contribution in [3.05, 3.63) is 53.7 Å². The molecule has 3 N–H and O–H groups in total. The van der Waals surface area contributed by atoms with E-state index in [9.17, 15) is 0 Å². The van der Waals surface area contributed by atoms with E-state index in [-0.39, 0.29) is 0 Å². The van der Waals surface area contributed by atoms with Gasteiger partial charge in [0.25, 0.3) is 0 Å². The van der Waals surface area contributed by atoms with Gasteiger partial charge in [-0.15, -0.1) is 0 Å². The maximum absolute atomic E-state index is 5.95. The zero-order valence-corrected chi connectivity index (χ0v) is 11.6. The van der Waals surface area contributed by atoms with Crippen LogP contribution < -0.4 is 11.1 Å². The summed E-state index contributed by atoms with van der Waals surface area (Å²) in [5, 5.41) is 3.37. The Kier molecular flexibility index (Phi) is 4.39. The highest BCUT2D eigenvalue weighted by Crippen LogP contribution is 2.18. The minimum Gasteiger partial charge on any atom is -0.396 e. The van der Waals surface area contributed by atoms with Crippen molar-refractivity contribution in [2.24, 2.45) is 0 Å². The Labute approximate surface area is 114 Å². The van der Waals surface area contributed by atoms with Gasteiger partial charge in [-0.3, -0.25) is 0 Å². The number of rotatable bonds is 5. The average Bonchev–Trinajstić information content (AvgIpc) is 2.41. The number of nitrogens with zero attached hydrogens (tertiary/aromatic N) is 1. The van der Waals surface area contributed by atoms with E-state index < -0.39 is 0 Å². The summed E-state index contributed by atoms with van der Waals surface area (Å²) in [6.45, 7) is 4.15. The van der Waals surface area contributed by atoms with Crippen molar-refractivity contribution < 1.29 is 0 Å². The fraction of sp³-hybridized carbons (Fsp3) is 0.312. The summed E-state index contributed by atoms with van der Waals surface area (Å²) in [5.41, 5.74) is 9.11. The van der Waals surface area contributed by atoms with E-state index in [1.54, 1.807) is 0 Å². The van der Waals surface area contributed by atoms with Crippen LogP contribution >= 0.6 is 0 Å². The molecular formula is C16H21N3. The summed E-state index contributed by atoms with van der Waals surface area (Å²) in [5.74, 6) is 0.783. The lowest BCUT2D eigenvalue weighted by Gasteiger charge is -2.16. The summed E-state index contributed by atoms with van der Waals surface area (Å²) >= 11 is 0. The Morgan fingerprint density at radius 2 is 2.00 bits per heavy atom. The second-order valence-corrected chi connectivity index (χ2v) is 5.02. The monoisotopic (exact) mass is 255 g/mol. The largest absolute Gasteiger partial charge is 0.396 e. The van der Waals surface area contributed by atoms with E-state index >= 15 is 0 Å². The molecule has 1 unspecified atom stereocenters.